The first-order valence-corrected chi connectivity index (χ1v) is 7.59. The predicted octanol–water partition coefficient (Wildman–Crippen LogP) is 2.20. The number of hydrazone groups is 1. The summed E-state index contributed by atoms with van der Waals surface area (Å²) >= 11 is 0. The minimum Gasteiger partial charge on any atom is -0.507 e. The molecular weight excluding hydrogens is 322 g/mol. The summed E-state index contributed by atoms with van der Waals surface area (Å²) in [5.41, 5.74) is -0.201. The van der Waals surface area contributed by atoms with Crippen LogP contribution in [-0.4, -0.2) is 35.4 Å². The van der Waals surface area contributed by atoms with Gasteiger partial charge in [0.05, 0.1) is 13.3 Å². The summed E-state index contributed by atoms with van der Waals surface area (Å²) < 4.78 is 5.10. The van der Waals surface area contributed by atoms with Gasteiger partial charge in [0.15, 0.2) is 0 Å². The molecule has 3 amide bonds. The van der Waals surface area contributed by atoms with E-state index in [1.165, 1.54) is 12.3 Å². The Labute approximate surface area is 144 Å². The Morgan fingerprint density at radius 1 is 1.16 bits per heavy atom. The molecule has 7 nitrogen and oxygen atoms in total. The summed E-state index contributed by atoms with van der Waals surface area (Å²) in [4.78, 5) is 24.9. The Hall–Kier alpha value is -3.35. The van der Waals surface area contributed by atoms with Gasteiger partial charge in [-0.05, 0) is 36.8 Å². The Kier molecular flexibility index (Phi) is 4.14. The molecule has 0 aromatic heterocycles. The van der Waals surface area contributed by atoms with Crippen LogP contribution in [0.2, 0.25) is 0 Å². The van der Waals surface area contributed by atoms with Crippen molar-refractivity contribution < 1.29 is 19.4 Å². The van der Waals surface area contributed by atoms with Crippen LogP contribution >= 0.6 is 0 Å². The molecule has 2 aromatic carbocycles. The Bertz CT molecular complexity index is 848. The number of para-hydroxylation sites is 1. The summed E-state index contributed by atoms with van der Waals surface area (Å²) in [5, 5.41) is 17.1. The van der Waals surface area contributed by atoms with E-state index < -0.39 is 17.5 Å². The van der Waals surface area contributed by atoms with Gasteiger partial charge in [0.1, 0.15) is 17.0 Å². The average Bonchev–Trinajstić information content (AvgIpc) is 2.84. The van der Waals surface area contributed by atoms with Gasteiger partial charge in [-0.25, -0.2) is 4.79 Å². The molecule has 0 bridgehead atoms. The number of phenols is 1. The van der Waals surface area contributed by atoms with E-state index in [1.807, 2.05) is 0 Å². The molecule has 1 heterocycles. The van der Waals surface area contributed by atoms with Crippen molar-refractivity contribution in [1.82, 2.24) is 10.3 Å². The van der Waals surface area contributed by atoms with Crippen molar-refractivity contribution in [1.29, 1.82) is 0 Å². The molecule has 3 rings (SSSR count). The number of nitrogens with zero attached hydrogens (tertiary/aromatic N) is 2. The standard InChI is InChI=1S/C18H17N3O4/c1-18(13-7-9-14(25-2)10-8-13)16(23)21(17(24)20-18)19-11-12-5-3-4-6-15(12)22/h3-11,22H,1-2H3,(H,20,24)/b19-11+/t18-/m1/s1. The monoisotopic (exact) mass is 339 g/mol. The molecule has 7 heteroatoms. The van der Waals surface area contributed by atoms with E-state index in [4.69, 9.17) is 4.74 Å². The van der Waals surface area contributed by atoms with E-state index in [0.29, 0.717) is 16.9 Å². The smallest absolute Gasteiger partial charge is 0.346 e. The number of aromatic hydroxyl groups is 1. The van der Waals surface area contributed by atoms with E-state index in [0.717, 1.165) is 5.01 Å². The van der Waals surface area contributed by atoms with Crippen LogP contribution in [0, 0.1) is 0 Å². The largest absolute Gasteiger partial charge is 0.507 e. The number of carbonyl (C=O) groups excluding carboxylic acids is 2. The van der Waals surface area contributed by atoms with Gasteiger partial charge in [0, 0.05) is 5.56 Å². The number of urea groups is 1. The van der Waals surface area contributed by atoms with Crippen molar-refractivity contribution in [2.45, 2.75) is 12.5 Å². The molecular formula is C18H17N3O4. The highest BCUT2D eigenvalue weighted by molar-refractivity contribution is 6.07. The summed E-state index contributed by atoms with van der Waals surface area (Å²) in [6.07, 6.45) is 1.27. The molecule has 128 valence electrons. The van der Waals surface area contributed by atoms with Crippen LogP contribution in [0.25, 0.3) is 0 Å². The second-order valence-electron chi connectivity index (χ2n) is 5.70. The molecule has 25 heavy (non-hydrogen) atoms. The van der Waals surface area contributed by atoms with Crippen LogP contribution in [0.15, 0.2) is 53.6 Å². The summed E-state index contributed by atoms with van der Waals surface area (Å²) in [7, 11) is 1.55. The van der Waals surface area contributed by atoms with Crippen LogP contribution in [-0.2, 0) is 10.3 Å². The van der Waals surface area contributed by atoms with Gasteiger partial charge in [0.25, 0.3) is 5.91 Å². The van der Waals surface area contributed by atoms with Crippen molar-refractivity contribution >= 4 is 18.2 Å². The van der Waals surface area contributed by atoms with E-state index in [2.05, 4.69) is 10.4 Å². The SMILES string of the molecule is COc1ccc([C@@]2(C)NC(=O)N(/N=C/c3ccccc3O)C2=O)cc1. The van der Waals surface area contributed by atoms with Crippen LogP contribution in [0.5, 0.6) is 11.5 Å². The zero-order chi connectivity index (χ0) is 18.0. The molecule has 1 saturated heterocycles. The summed E-state index contributed by atoms with van der Waals surface area (Å²) in [6.45, 7) is 1.62. The first-order valence-electron chi connectivity index (χ1n) is 7.59. The molecule has 1 atom stereocenters. The van der Waals surface area contributed by atoms with Gasteiger partial charge in [-0.1, -0.05) is 24.3 Å². The summed E-state index contributed by atoms with van der Waals surface area (Å²) in [6, 6.07) is 12.7. The lowest BCUT2D eigenvalue weighted by atomic mass is 9.92. The second kappa shape index (κ2) is 6.27. The fourth-order valence-electron chi connectivity index (χ4n) is 2.57. The van der Waals surface area contributed by atoms with Gasteiger partial charge in [0.2, 0.25) is 0 Å². The molecule has 0 aliphatic carbocycles. The maximum absolute atomic E-state index is 12.7. The lowest BCUT2D eigenvalue weighted by Gasteiger charge is -2.21. The highest BCUT2D eigenvalue weighted by Gasteiger charge is 2.49. The number of amides is 3. The number of rotatable bonds is 4. The molecule has 0 saturated carbocycles. The second-order valence-corrected chi connectivity index (χ2v) is 5.70. The van der Waals surface area contributed by atoms with Crippen LogP contribution in [0.3, 0.4) is 0 Å². The molecule has 0 radical (unpaired) electrons. The third-order valence-electron chi connectivity index (χ3n) is 4.09. The Morgan fingerprint density at radius 2 is 1.84 bits per heavy atom. The normalized spacial score (nSPS) is 20.2. The fourth-order valence-corrected chi connectivity index (χ4v) is 2.57. The predicted molar refractivity (Wildman–Crippen MR) is 91.4 cm³/mol. The van der Waals surface area contributed by atoms with E-state index in [1.54, 1.807) is 56.5 Å². The molecule has 0 spiro atoms. The number of nitrogens with one attached hydrogen (secondary N) is 1. The number of methoxy groups -OCH3 is 1. The minimum atomic E-state index is -1.22. The first-order chi connectivity index (χ1) is 12.0. The zero-order valence-electron chi connectivity index (χ0n) is 13.8. The molecule has 2 N–H and O–H groups in total. The number of hydrogen-bond acceptors (Lipinski definition) is 5. The lowest BCUT2D eigenvalue weighted by Crippen LogP contribution is -2.40. The molecule has 2 aromatic rings. The highest BCUT2D eigenvalue weighted by atomic mass is 16.5. The zero-order valence-corrected chi connectivity index (χ0v) is 13.8. The van der Waals surface area contributed by atoms with Gasteiger partial charge >= 0.3 is 6.03 Å². The number of imide groups is 1. The Morgan fingerprint density at radius 3 is 2.48 bits per heavy atom. The molecule has 1 aliphatic heterocycles. The van der Waals surface area contributed by atoms with E-state index >= 15 is 0 Å². The van der Waals surface area contributed by atoms with Crippen LogP contribution in [0.1, 0.15) is 18.1 Å². The van der Waals surface area contributed by atoms with Crippen molar-refractivity contribution in [3.05, 3.63) is 59.7 Å². The maximum Gasteiger partial charge on any atom is 0.346 e. The number of phenolic OH excluding ortho intramolecular Hbond substituents is 1. The van der Waals surface area contributed by atoms with Crippen molar-refractivity contribution in [3.8, 4) is 11.5 Å². The fraction of sp³-hybridized carbons (Fsp3) is 0.167. The molecule has 1 aliphatic rings. The minimum absolute atomic E-state index is 0.0104. The van der Waals surface area contributed by atoms with Crippen molar-refractivity contribution in [3.63, 3.8) is 0 Å². The quantitative estimate of drug-likeness (QED) is 0.660. The summed E-state index contributed by atoms with van der Waals surface area (Å²) in [5.74, 6) is 0.157. The van der Waals surface area contributed by atoms with Gasteiger partial charge in [-0.3, -0.25) is 4.79 Å². The van der Waals surface area contributed by atoms with E-state index in [9.17, 15) is 14.7 Å². The van der Waals surface area contributed by atoms with Gasteiger partial charge < -0.3 is 15.2 Å². The van der Waals surface area contributed by atoms with Crippen molar-refractivity contribution in [2.24, 2.45) is 5.10 Å². The van der Waals surface area contributed by atoms with E-state index in [-0.39, 0.29) is 5.75 Å². The van der Waals surface area contributed by atoms with Crippen LogP contribution < -0.4 is 10.1 Å². The first kappa shape index (κ1) is 16.5. The third-order valence-corrected chi connectivity index (χ3v) is 4.09. The van der Waals surface area contributed by atoms with Gasteiger partial charge in [-0.15, -0.1) is 5.01 Å². The Balaban J connectivity index is 1.87. The topological polar surface area (TPSA) is 91.2 Å². The number of hydrogen-bond donors (Lipinski definition) is 2. The van der Waals surface area contributed by atoms with Gasteiger partial charge in [-0.2, -0.15) is 5.10 Å². The average molecular weight is 339 g/mol. The lowest BCUT2D eigenvalue weighted by molar-refractivity contribution is -0.131. The maximum atomic E-state index is 12.7. The molecule has 0 unspecified atom stereocenters. The highest BCUT2D eigenvalue weighted by Crippen LogP contribution is 2.30. The number of carbonyl (C=O) groups is 2. The number of benzene rings is 2. The number of ether oxygens (including phenoxy) is 1. The third kappa shape index (κ3) is 2.91. The van der Waals surface area contributed by atoms with Crippen LogP contribution in [0.4, 0.5) is 4.79 Å². The van der Waals surface area contributed by atoms with Crippen molar-refractivity contribution in [2.75, 3.05) is 7.11 Å². The molecule has 1 fully saturated rings.